The number of unbranched alkanes of at least 4 members (excludes halogenated alkanes) is 3. The molecule has 20 heteroatoms. The van der Waals surface area contributed by atoms with Gasteiger partial charge in [-0.3, -0.25) is 24.6 Å². The van der Waals surface area contributed by atoms with Crippen molar-refractivity contribution < 1.29 is 64.0 Å². The Balaban J connectivity index is 0.930. The Morgan fingerprint density at radius 1 is 0.667 bits per heavy atom. The molecule has 430 valence electrons. The number of aliphatic carboxylic acids is 1. The summed E-state index contributed by atoms with van der Waals surface area (Å²) in [6.45, 7) is 1.80. The normalized spacial score (nSPS) is 13.1. The molecule has 0 aliphatic carbocycles. The molecule has 2 heterocycles. The highest BCUT2D eigenvalue weighted by molar-refractivity contribution is 5.97. The molecule has 6 aromatic rings. The van der Waals surface area contributed by atoms with Gasteiger partial charge in [-0.05, 0) is 111 Å². The van der Waals surface area contributed by atoms with Crippen molar-refractivity contribution in [3.8, 4) is 39.8 Å². The van der Waals surface area contributed by atoms with Gasteiger partial charge in [0.25, 0.3) is 5.91 Å². The lowest BCUT2D eigenvalue weighted by Gasteiger charge is -2.26. The second kappa shape index (κ2) is 33.4. The van der Waals surface area contributed by atoms with Gasteiger partial charge in [-0.15, -0.1) is 0 Å². The molecule has 2 aromatic heterocycles. The van der Waals surface area contributed by atoms with Crippen LogP contribution in [0.3, 0.4) is 0 Å². The van der Waals surface area contributed by atoms with Crippen molar-refractivity contribution in [1.82, 2.24) is 25.9 Å². The minimum absolute atomic E-state index is 0.105. The number of hydrogen-bond donors (Lipinski definition) is 10. The van der Waals surface area contributed by atoms with Crippen LogP contribution in [0.5, 0.6) is 17.4 Å². The summed E-state index contributed by atoms with van der Waals surface area (Å²) in [6.07, 6.45) is -0.605. The third kappa shape index (κ3) is 20.7. The lowest BCUT2D eigenvalue weighted by atomic mass is 10.0. The van der Waals surface area contributed by atoms with Crippen molar-refractivity contribution in [3.63, 3.8) is 0 Å². The molecule has 4 aromatic carbocycles. The maximum Gasteiger partial charge on any atom is 0.303 e. The Bertz CT molecular complexity index is 2880. The van der Waals surface area contributed by atoms with E-state index in [2.05, 4.69) is 49.7 Å². The van der Waals surface area contributed by atoms with Crippen molar-refractivity contribution in [2.45, 2.75) is 102 Å². The first kappa shape index (κ1) is 61.9. The molecule has 20 nitrogen and oxygen atoms in total. The first-order valence-corrected chi connectivity index (χ1v) is 27.1. The SMILES string of the molecule is Cc1ccccc1/C=N/Nc1ccc(C(=O)NC(CCCCNC(=O)CCCOc2cccc(OCCCCCOc3cc(-c4ccccc4)cc(-c4ccccc4)n3)c2CCC(=O)O)C(=O)NCC(O)C(O)C(O)C(O)CO)cn1. The zero-order valence-corrected chi connectivity index (χ0v) is 45.4. The number of amides is 3. The molecule has 5 atom stereocenters. The molecule has 0 fully saturated rings. The van der Waals surface area contributed by atoms with Crippen LogP contribution in [0.15, 0.2) is 139 Å². The van der Waals surface area contributed by atoms with Gasteiger partial charge in [-0.25, -0.2) is 9.97 Å². The number of rotatable bonds is 35. The van der Waals surface area contributed by atoms with E-state index in [1.165, 1.54) is 12.3 Å². The van der Waals surface area contributed by atoms with Crippen LogP contribution in [0.1, 0.15) is 84.8 Å². The number of hydrazone groups is 1. The van der Waals surface area contributed by atoms with Crippen molar-refractivity contribution in [2.75, 3.05) is 44.9 Å². The number of aromatic nitrogens is 2. The van der Waals surface area contributed by atoms with Crippen LogP contribution >= 0.6 is 0 Å². The van der Waals surface area contributed by atoms with Crippen LogP contribution in [0.4, 0.5) is 5.82 Å². The zero-order valence-electron chi connectivity index (χ0n) is 45.4. The molecule has 0 aliphatic rings. The number of aliphatic hydroxyl groups is 5. The summed E-state index contributed by atoms with van der Waals surface area (Å²) in [7, 11) is 0. The van der Waals surface area contributed by atoms with Crippen LogP contribution < -0.4 is 35.6 Å². The fourth-order valence-electron chi connectivity index (χ4n) is 8.39. The predicted octanol–water partition coefficient (Wildman–Crippen LogP) is 6.01. The predicted molar refractivity (Wildman–Crippen MR) is 306 cm³/mol. The highest BCUT2D eigenvalue weighted by Gasteiger charge is 2.31. The van der Waals surface area contributed by atoms with Crippen LogP contribution in [-0.4, -0.2) is 140 Å². The van der Waals surface area contributed by atoms with Crippen molar-refractivity contribution in [2.24, 2.45) is 5.10 Å². The lowest BCUT2D eigenvalue weighted by Crippen LogP contribution is -2.52. The number of carbonyl (C=O) groups excluding carboxylic acids is 3. The highest BCUT2D eigenvalue weighted by Crippen LogP contribution is 2.31. The smallest absolute Gasteiger partial charge is 0.303 e. The number of aryl methyl sites for hydroxylation is 1. The fourth-order valence-corrected chi connectivity index (χ4v) is 8.39. The number of pyridine rings is 2. The number of nitrogens with one attached hydrogen (secondary N) is 4. The first-order valence-electron chi connectivity index (χ1n) is 27.1. The number of hydrogen-bond acceptors (Lipinski definition) is 16. The summed E-state index contributed by atoms with van der Waals surface area (Å²) in [5, 5.41) is 71.2. The Kier molecular flexibility index (Phi) is 25.5. The Morgan fingerprint density at radius 2 is 1.33 bits per heavy atom. The molecule has 5 unspecified atom stereocenters. The number of ether oxygens (including phenoxy) is 3. The minimum Gasteiger partial charge on any atom is -0.493 e. The number of carboxylic acids is 1. The topological polar surface area (TPSA) is 304 Å². The lowest BCUT2D eigenvalue weighted by molar-refractivity contribution is -0.137. The molecule has 0 bridgehead atoms. The number of nitrogens with zero attached hydrogens (tertiary/aromatic N) is 3. The standard InChI is InChI=1S/C61H73N7O13/c1-41-17-9-10-22-44(41)38-65-68-54-29-27-45(37-63-54)60(77)67-48(61(78)64-39-50(70)58(75)59(76)51(71)40-69)23-11-12-31-62-55(72)26-16-34-80-53-25-15-24-52(47(53)28-30-57(73)74)79-32-13-4-14-33-81-56-36-46(42-18-5-2-6-19-42)35-49(66-56)43-20-7-3-8-21-43/h2-3,5-10,15,17-22,24-25,27,29,35-38,48,50-51,58-59,69-71,75-76H,4,11-14,16,23,26,28,30-34,39-40H2,1H3,(H,62,72)(H,63,68)(H,64,78)(H,67,77)(H,73,74)/b65-38+. The van der Waals surface area contributed by atoms with E-state index in [0.29, 0.717) is 61.2 Å². The average molecular weight is 1110 g/mol. The summed E-state index contributed by atoms with van der Waals surface area (Å²) < 4.78 is 18.4. The Labute approximate surface area is 471 Å². The molecule has 0 spiro atoms. The first-order chi connectivity index (χ1) is 39.3. The molecule has 0 aliphatic heterocycles. The van der Waals surface area contributed by atoms with E-state index in [-0.39, 0.29) is 50.3 Å². The Morgan fingerprint density at radius 3 is 2.01 bits per heavy atom. The highest BCUT2D eigenvalue weighted by atomic mass is 16.5. The summed E-state index contributed by atoms with van der Waals surface area (Å²) >= 11 is 0. The number of carboxylic acid groups (broad SMARTS) is 1. The molecular weight excluding hydrogens is 1040 g/mol. The molecular formula is C61H73N7O13. The molecule has 6 rings (SSSR count). The van der Waals surface area contributed by atoms with Crippen LogP contribution in [0.2, 0.25) is 0 Å². The molecule has 81 heavy (non-hydrogen) atoms. The van der Waals surface area contributed by atoms with Gasteiger partial charge in [-0.1, -0.05) is 91.0 Å². The largest absolute Gasteiger partial charge is 0.493 e. The van der Waals surface area contributed by atoms with Crippen LogP contribution in [-0.2, 0) is 20.8 Å². The monoisotopic (exact) mass is 1110 g/mol. The molecule has 0 radical (unpaired) electrons. The van der Waals surface area contributed by atoms with Gasteiger partial charge in [0.05, 0.1) is 50.0 Å². The van der Waals surface area contributed by atoms with Crippen molar-refractivity contribution in [3.05, 3.63) is 156 Å². The number of benzene rings is 4. The fraction of sp³-hybridized carbons (Fsp3) is 0.361. The van der Waals surface area contributed by atoms with E-state index in [1.807, 2.05) is 85.8 Å². The van der Waals surface area contributed by atoms with Gasteiger partial charge in [0, 0.05) is 49.3 Å². The van der Waals surface area contributed by atoms with Gasteiger partial charge in [0.2, 0.25) is 17.7 Å². The quantitative estimate of drug-likeness (QED) is 0.0124. The molecule has 10 N–H and O–H groups in total. The van der Waals surface area contributed by atoms with Crippen molar-refractivity contribution in [1.29, 1.82) is 0 Å². The second-order valence-electron chi connectivity index (χ2n) is 19.2. The summed E-state index contributed by atoms with van der Waals surface area (Å²) in [5.41, 5.74) is 9.42. The number of anilines is 1. The Hall–Kier alpha value is -8.27. The summed E-state index contributed by atoms with van der Waals surface area (Å²) in [5.74, 6) is -0.639. The van der Waals surface area contributed by atoms with Gasteiger partial charge in [-0.2, -0.15) is 5.10 Å². The van der Waals surface area contributed by atoms with E-state index >= 15 is 0 Å². The molecule has 0 saturated heterocycles. The third-order valence-electron chi connectivity index (χ3n) is 13.0. The minimum atomic E-state index is -1.91. The number of aliphatic hydroxyl groups excluding tert-OH is 5. The van der Waals surface area contributed by atoms with E-state index in [1.54, 1.807) is 30.5 Å². The summed E-state index contributed by atoms with van der Waals surface area (Å²) in [4.78, 5) is 60.3. The van der Waals surface area contributed by atoms with Crippen molar-refractivity contribution >= 4 is 35.7 Å². The third-order valence-corrected chi connectivity index (χ3v) is 13.0. The van der Waals surface area contributed by atoms with E-state index in [0.717, 1.165) is 52.8 Å². The maximum atomic E-state index is 13.4. The van der Waals surface area contributed by atoms with E-state index in [9.17, 15) is 44.7 Å². The molecule has 0 saturated carbocycles. The van der Waals surface area contributed by atoms with Gasteiger partial charge >= 0.3 is 5.97 Å². The van der Waals surface area contributed by atoms with Crippen LogP contribution in [0, 0.1) is 6.92 Å². The van der Waals surface area contributed by atoms with Gasteiger partial charge in [0.1, 0.15) is 41.7 Å². The van der Waals surface area contributed by atoms with E-state index < -0.39 is 61.4 Å². The zero-order chi connectivity index (χ0) is 57.8. The average Bonchev–Trinajstić information content (AvgIpc) is 3.48. The van der Waals surface area contributed by atoms with E-state index in [4.69, 9.17) is 24.3 Å². The second-order valence-corrected chi connectivity index (χ2v) is 19.2. The van der Waals surface area contributed by atoms with Crippen LogP contribution in [0.25, 0.3) is 22.4 Å². The molecule has 3 amide bonds. The maximum absolute atomic E-state index is 13.4. The van der Waals surface area contributed by atoms with Gasteiger partial charge in [0.15, 0.2) is 0 Å². The van der Waals surface area contributed by atoms with Gasteiger partial charge < -0.3 is 60.8 Å². The summed E-state index contributed by atoms with van der Waals surface area (Å²) in [6, 6.07) is 39.0. The number of carbonyl (C=O) groups is 4.